The number of nitrogens with one attached hydrogen (secondary N) is 1. The summed E-state index contributed by atoms with van der Waals surface area (Å²) in [5, 5.41) is 2.71. The Bertz CT molecular complexity index is 757. The van der Waals surface area contributed by atoms with Gasteiger partial charge in [-0.3, -0.25) is 9.59 Å². The predicted molar refractivity (Wildman–Crippen MR) is 105 cm³/mol. The van der Waals surface area contributed by atoms with Crippen LogP contribution in [0, 0.1) is 12.7 Å². The molecule has 2 aromatic rings. The van der Waals surface area contributed by atoms with Gasteiger partial charge in [0.05, 0.1) is 0 Å². The fourth-order valence-corrected chi connectivity index (χ4v) is 2.92. The van der Waals surface area contributed by atoms with Gasteiger partial charge in [0.2, 0.25) is 5.91 Å². The zero-order valence-electron chi connectivity index (χ0n) is 16.2. The van der Waals surface area contributed by atoms with E-state index in [0.29, 0.717) is 5.56 Å². The zero-order valence-corrected chi connectivity index (χ0v) is 16.2. The molecule has 0 aromatic heterocycles. The molecule has 0 fully saturated rings. The Morgan fingerprint density at radius 3 is 2.30 bits per heavy atom. The predicted octanol–water partition coefficient (Wildman–Crippen LogP) is 3.73. The van der Waals surface area contributed by atoms with E-state index >= 15 is 0 Å². The molecule has 0 aliphatic rings. The van der Waals surface area contributed by atoms with Crippen molar-refractivity contribution in [1.82, 2.24) is 10.2 Å². The fraction of sp³-hybridized carbons (Fsp3) is 0.364. The lowest BCUT2D eigenvalue weighted by atomic mass is 10.0. The van der Waals surface area contributed by atoms with Gasteiger partial charge in [-0.15, -0.1) is 0 Å². The van der Waals surface area contributed by atoms with Crippen LogP contribution in [0.1, 0.15) is 41.3 Å². The van der Waals surface area contributed by atoms with Gasteiger partial charge >= 0.3 is 0 Å². The van der Waals surface area contributed by atoms with Gasteiger partial charge in [0, 0.05) is 31.6 Å². The van der Waals surface area contributed by atoms with E-state index in [0.717, 1.165) is 12.8 Å². The van der Waals surface area contributed by atoms with Crippen LogP contribution in [0.25, 0.3) is 0 Å². The third kappa shape index (κ3) is 6.20. The summed E-state index contributed by atoms with van der Waals surface area (Å²) >= 11 is 0. The number of amides is 2. The minimum absolute atomic E-state index is 0.00614. The van der Waals surface area contributed by atoms with Gasteiger partial charge in [0.25, 0.3) is 5.91 Å². The number of halogens is 1. The second-order valence-electron chi connectivity index (χ2n) is 6.77. The summed E-state index contributed by atoms with van der Waals surface area (Å²) in [6, 6.07) is 13.8. The SMILES string of the molecule is CCC(Cc1ccc(C)cc1)N(C)C(=O)CCNC(=O)c1ccc(F)cc1. The van der Waals surface area contributed by atoms with Gasteiger partial charge in [-0.05, 0) is 49.6 Å². The molecular formula is C22H27FN2O2. The van der Waals surface area contributed by atoms with Crippen molar-refractivity contribution < 1.29 is 14.0 Å². The van der Waals surface area contributed by atoms with E-state index in [1.807, 2.05) is 7.05 Å². The molecule has 2 amide bonds. The minimum Gasteiger partial charge on any atom is -0.352 e. The van der Waals surface area contributed by atoms with Crippen molar-refractivity contribution in [3.63, 3.8) is 0 Å². The summed E-state index contributed by atoms with van der Waals surface area (Å²) in [5.41, 5.74) is 2.80. The van der Waals surface area contributed by atoms with Crippen LogP contribution in [0.4, 0.5) is 4.39 Å². The van der Waals surface area contributed by atoms with Gasteiger partial charge in [-0.1, -0.05) is 36.8 Å². The molecule has 1 N–H and O–H groups in total. The first kappa shape index (κ1) is 20.6. The summed E-state index contributed by atoms with van der Waals surface area (Å²) < 4.78 is 12.9. The van der Waals surface area contributed by atoms with Crippen molar-refractivity contribution in [3.8, 4) is 0 Å². The first-order valence-corrected chi connectivity index (χ1v) is 9.25. The quantitative estimate of drug-likeness (QED) is 0.770. The lowest BCUT2D eigenvalue weighted by Crippen LogP contribution is -2.39. The second-order valence-corrected chi connectivity index (χ2v) is 6.77. The van der Waals surface area contributed by atoms with E-state index in [2.05, 4.69) is 43.4 Å². The molecule has 1 atom stereocenters. The maximum absolute atomic E-state index is 12.9. The van der Waals surface area contributed by atoms with Gasteiger partial charge < -0.3 is 10.2 Å². The number of likely N-dealkylation sites (N-methyl/N-ethyl adjacent to an activating group) is 1. The largest absolute Gasteiger partial charge is 0.352 e. The molecule has 2 aromatic carbocycles. The smallest absolute Gasteiger partial charge is 0.251 e. The molecule has 2 rings (SSSR count). The molecule has 0 saturated carbocycles. The number of benzene rings is 2. The van der Waals surface area contributed by atoms with Crippen LogP contribution >= 0.6 is 0 Å². The summed E-state index contributed by atoms with van der Waals surface area (Å²) in [6.45, 7) is 4.37. The van der Waals surface area contributed by atoms with Crippen LogP contribution in [-0.2, 0) is 11.2 Å². The van der Waals surface area contributed by atoms with Crippen LogP contribution < -0.4 is 5.32 Å². The van der Waals surface area contributed by atoms with Crippen molar-refractivity contribution in [2.75, 3.05) is 13.6 Å². The first-order valence-electron chi connectivity index (χ1n) is 9.25. The summed E-state index contributed by atoms with van der Waals surface area (Å²) in [5.74, 6) is -0.701. The van der Waals surface area contributed by atoms with Crippen molar-refractivity contribution >= 4 is 11.8 Å². The molecule has 5 heteroatoms. The molecule has 0 spiro atoms. The van der Waals surface area contributed by atoms with Crippen LogP contribution in [-0.4, -0.2) is 36.3 Å². The van der Waals surface area contributed by atoms with Crippen LogP contribution in [0.5, 0.6) is 0 Å². The maximum atomic E-state index is 12.9. The third-order valence-corrected chi connectivity index (χ3v) is 4.74. The minimum atomic E-state index is -0.387. The average molecular weight is 370 g/mol. The normalized spacial score (nSPS) is 11.7. The number of hydrogen-bond donors (Lipinski definition) is 1. The number of nitrogens with zero attached hydrogens (tertiary/aromatic N) is 1. The molecule has 0 aliphatic carbocycles. The fourth-order valence-electron chi connectivity index (χ4n) is 2.92. The third-order valence-electron chi connectivity index (χ3n) is 4.74. The average Bonchev–Trinajstić information content (AvgIpc) is 2.67. The van der Waals surface area contributed by atoms with E-state index in [-0.39, 0.29) is 36.6 Å². The van der Waals surface area contributed by atoms with Gasteiger partial charge in [0.15, 0.2) is 0 Å². The molecule has 0 aliphatic heterocycles. The lowest BCUT2D eigenvalue weighted by Gasteiger charge is -2.27. The topological polar surface area (TPSA) is 49.4 Å². The van der Waals surface area contributed by atoms with E-state index < -0.39 is 0 Å². The second kappa shape index (κ2) is 9.86. The number of hydrogen-bond acceptors (Lipinski definition) is 2. The molecule has 0 heterocycles. The molecule has 27 heavy (non-hydrogen) atoms. The lowest BCUT2D eigenvalue weighted by molar-refractivity contribution is -0.131. The number of carbonyl (C=O) groups excluding carboxylic acids is 2. The standard InChI is InChI=1S/C22H27FN2O2/c1-4-20(15-17-7-5-16(2)6-8-17)25(3)21(26)13-14-24-22(27)18-9-11-19(23)12-10-18/h5-12,20H,4,13-15H2,1-3H3,(H,24,27). The summed E-state index contributed by atoms with van der Waals surface area (Å²) in [4.78, 5) is 26.3. The highest BCUT2D eigenvalue weighted by Gasteiger charge is 2.19. The van der Waals surface area contributed by atoms with Crippen LogP contribution in [0.15, 0.2) is 48.5 Å². The Labute approximate surface area is 160 Å². The van der Waals surface area contributed by atoms with E-state index in [1.165, 1.54) is 35.4 Å². The molecule has 144 valence electrons. The highest BCUT2D eigenvalue weighted by atomic mass is 19.1. The van der Waals surface area contributed by atoms with Crippen LogP contribution in [0.3, 0.4) is 0 Å². The highest BCUT2D eigenvalue weighted by molar-refractivity contribution is 5.94. The van der Waals surface area contributed by atoms with Crippen LogP contribution in [0.2, 0.25) is 0 Å². The number of carbonyl (C=O) groups is 2. The molecule has 0 radical (unpaired) electrons. The number of rotatable bonds is 8. The zero-order chi connectivity index (χ0) is 19.8. The first-order chi connectivity index (χ1) is 12.9. The molecule has 4 nitrogen and oxygen atoms in total. The summed E-state index contributed by atoms with van der Waals surface area (Å²) in [7, 11) is 1.81. The highest BCUT2D eigenvalue weighted by Crippen LogP contribution is 2.13. The van der Waals surface area contributed by atoms with E-state index in [9.17, 15) is 14.0 Å². The Kier molecular flexibility index (Phi) is 7.53. The van der Waals surface area contributed by atoms with Crippen molar-refractivity contribution in [2.24, 2.45) is 0 Å². The monoisotopic (exact) mass is 370 g/mol. The van der Waals surface area contributed by atoms with Gasteiger partial charge in [0.1, 0.15) is 5.82 Å². The summed E-state index contributed by atoms with van der Waals surface area (Å²) in [6.07, 6.45) is 1.90. The van der Waals surface area contributed by atoms with E-state index in [1.54, 1.807) is 4.90 Å². The molecule has 1 unspecified atom stereocenters. The van der Waals surface area contributed by atoms with Crippen molar-refractivity contribution in [3.05, 3.63) is 71.0 Å². The Morgan fingerprint density at radius 2 is 1.70 bits per heavy atom. The maximum Gasteiger partial charge on any atom is 0.251 e. The van der Waals surface area contributed by atoms with Gasteiger partial charge in [-0.2, -0.15) is 0 Å². The molecule has 0 saturated heterocycles. The Hall–Kier alpha value is -2.69. The Balaban J connectivity index is 1.83. The van der Waals surface area contributed by atoms with Crippen molar-refractivity contribution in [2.45, 2.75) is 39.2 Å². The Morgan fingerprint density at radius 1 is 1.07 bits per heavy atom. The number of aryl methyl sites for hydroxylation is 1. The van der Waals surface area contributed by atoms with Gasteiger partial charge in [-0.25, -0.2) is 4.39 Å². The van der Waals surface area contributed by atoms with Crippen molar-refractivity contribution in [1.29, 1.82) is 0 Å². The molecular weight excluding hydrogens is 343 g/mol. The molecule has 0 bridgehead atoms. The van der Waals surface area contributed by atoms with E-state index in [4.69, 9.17) is 0 Å².